The van der Waals surface area contributed by atoms with E-state index in [1.54, 1.807) is 13.8 Å². The Morgan fingerprint density at radius 1 is 0.633 bits per heavy atom. The molecular formula is C16H37NO13. The number of hydrogen-bond acceptors (Lipinski definition) is 13. The largest absolute Gasteiger partial charge is 0.480 e. The summed E-state index contributed by atoms with van der Waals surface area (Å²) in [5, 5.41) is 103. The third kappa shape index (κ3) is 14.9. The molecule has 0 heterocycles. The summed E-state index contributed by atoms with van der Waals surface area (Å²) < 4.78 is 0. The van der Waals surface area contributed by atoms with E-state index < -0.39 is 81.2 Å². The van der Waals surface area contributed by atoms with Gasteiger partial charge in [0.05, 0.1) is 26.4 Å². The molecule has 30 heavy (non-hydrogen) atoms. The summed E-state index contributed by atoms with van der Waals surface area (Å²) in [5.41, 5.74) is 5.16. The standard InChI is InChI=1S/C6H14O6.C5H11NO2.C5H12O5/c7-1-3(9)5(11)6(12)4(10)2-8;1-3(2)4(6)5(7)8;6-1-3(8)5(10)4(9)2-7/h3-12H,1-2H2;3-4H,6H2,1-2H3,(H,7,8);3-10H,1-2H2/t3-,4-,5-,6-;;3-,4+,5-/m1../s1. The van der Waals surface area contributed by atoms with E-state index >= 15 is 0 Å². The molecule has 184 valence electrons. The number of carboxylic acids is 1. The van der Waals surface area contributed by atoms with Crippen molar-refractivity contribution in [3.05, 3.63) is 0 Å². The zero-order valence-corrected chi connectivity index (χ0v) is 16.9. The molecule has 14 heteroatoms. The Morgan fingerprint density at radius 3 is 1.00 bits per heavy atom. The van der Waals surface area contributed by atoms with Crippen LogP contribution < -0.4 is 5.73 Å². The number of hydrogen-bond donors (Lipinski definition) is 13. The highest BCUT2D eigenvalue weighted by molar-refractivity contribution is 5.73. The predicted octanol–water partition coefficient (Wildman–Crippen LogP) is -6.48. The fourth-order valence-electron chi connectivity index (χ4n) is 1.43. The van der Waals surface area contributed by atoms with Crippen molar-refractivity contribution in [3.8, 4) is 0 Å². The molecule has 0 radical (unpaired) electrons. The van der Waals surface area contributed by atoms with Gasteiger partial charge < -0.3 is 67.0 Å². The molecule has 0 aromatic rings. The molecular weight excluding hydrogens is 414 g/mol. The summed E-state index contributed by atoms with van der Waals surface area (Å²) in [6.07, 6.45) is -10.7. The Kier molecular flexibility index (Phi) is 21.0. The molecule has 0 saturated heterocycles. The number of aliphatic hydroxyl groups is 11. The van der Waals surface area contributed by atoms with Crippen LogP contribution in [0.5, 0.6) is 0 Å². The molecule has 0 bridgehead atoms. The molecule has 0 rings (SSSR count). The minimum Gasteiger partial charge on any atom is -0.480 e. The Labute approximate surface area is 173 Å². The minimum atomic E-state index is -1.67. The van der Waals surface area contributed by atoms with E-state index in [-0.39, 0.29) is 5.92 Å². The van der Waals surface area contributed by atoms with Gasteiger partial charge in [-0.15, -0.1) is 0 Å². The molecule has 0 spiro atoms. The first-order valence-electron chi connectivity index (χ1n) is 8.91. The second-order valence-corrected chi connectivity index (χ2v) is 6.58. The predicted molar refractivity (Wildman–Crippen MR) is 101 cm³/mol. The van der Waals surface area contributed by atoms with Gasteiger partial charge in [0.1, 0.15) is 48.8 Å². The molecule has 0 aliphatic carbocycles. The third-order valence-corrected chi connectivity index (χ3v) is 3.68. The van der Waals surface area contributed by atoms with E-state index in [0.29, 0.717) is 0 Å². The van der Waals surface area contributed by atoms with Gasteiger partial charge >= 0.3 is 5.97 Å². The van der Waals surface area contributed by atoms with Gasteiger partial charge in [-0.3, -0.25) is 4.79 Å². The van der Waals surface area contributed by atoms with Gasteiger partial charge in [0.2, 0.25) is 0 Å². The quantitative estimate of drug-likeness (QED) is 0.139. The third-order valence-electron chi connectivity index (χ3n) is 3.68. The monoisotopic (exact) mass is 451 g/mol. The van der Waals surface area contributed by atoms with Crippen LogP contribution in [0.2, 0.25) is 0 Å². The van der Waals surface area contributed by atoms with E-state index in [1.165, 1.54) is 0 Å². The first kappa shape index (κ1) is 33.6. The first-order valence-corrected chi connectivity index (χ1v) is 8.91. The molecule has 0 aromatic heterocycles. The van der Waals surface area contributed by atoms with Crippen molar-refractivity contribution in [2.45, 2.75) is 62.6 Å². The highest BCUT2D eigenvalue weighted by Gasteiger charge is 2.29. The summed E-state index contributed by atoms with van der Waals surface area (Å²) in [5.74, 6) is -0.910. The molecule has 0 aliphatic heterocycles. The fourth-order valence-corrected chi connectivity index (χ4v) is 1.43. The van der Waals surface area contributed by atoms with Crippen molar-refractivity contribution in [1.29, 1.82) is 0 Å². The Morgan fingerprint density at radius 2 is 0.867 bits per heavy atom. The molecule has 0 aromatic carbocycles. The number of aliphatic carboxylic acids is 1. The number of nitrogens with two attached hydrogens (primary N) is 1. The highest BCUT2D eigenvalue weighted by atomic mass is 16.4. The van der Waals surface area contributed by atoms with Gasteiger partial charge in [-0.2, -0.15) is 0 Å². The molecule has 1 unspecified atom stereocenters. The summed E-state index contributed by atoms with van der Waals surface area (Å²) in [6.45, 7) is 0.820. The Balaban J connectivity index is -0.000000372. The fraction of sp³-hybridized carbons (Fsp3) is 0.938. The van der Waals surface area contributed by atoms with Crippen molar-refractivity contribution >= 4 is 5.97 Å². The van der Waals surface area contributed by atoms with Gasteiger partial charge in [-0.05, 0) is 5.92 Å². The normalized spacial score (nSPS) is 19.0. The smallest absolute Gasteiger partial charge is 0.320 e. The topological polar surface area (TPSA) is 286 Å². The van der Waals surface area contributed by atoms with Crippen LogP contribution in [0.3, 0.4) is 0 Å². The zero-order valence-electron chi connectivity index (χ0n) is 16.9. The van der Waals surface area contributed by atoms with E-state index in [1.807, 2.05) is 0 Å². The lowest BCUT2D eigenvalue weighted by Crippen LogP contribution is -2.46. The lowest BCUT2D eigenvalue weighted by molar-refractivity contribution is -0.139. The van der Waals surface area contributed by atoms with Gasteiger partial charge in [0, 0.05) is 0 Å². The van der Waals surface area contributed by atoms with E-state index in [4.69, 9.17) is 67.0 Å². The number of carbonyl (C=O) groups is 1. The molecule has 0 amide bonds. The van der Waals surface area contributed by atoms with Crippen LogP contribution in [-0.2, 0) is 4.79 Å². The van der Waals surface area contributed by atoms with Gasteiger partial charge in [-0.1, -0.05) is 13.8 Å². The van der Waals surface area contributed by atoms with Crippen LogP contribution in [-0.4, -0.2) is 142 Å². The summed E-state index contributed by atoms with van der Waals surface area (Å²) in [6, 6.07) is -0.713. The van der Waals surface area contributed by atoms with E-state index in [2.05, 4.69) is 0 Å². The van der Waals surface area contributed by atoms with Crippen LogP contribution in [0, 0.1) is 5.92 Å². The maximum absolute atomic E-state index is 10.0. The second kappa shape index (κ2) is 18.7. The average Bonchev–Trinajstić information content (AvgIpc) is 2.74. The molecule has 14 nitrogen and oxygen atoms in total. The average molecular weight is 451 g/mol. The Bertz CT molecular complexity index is 391. The van der Waals surface area contributed by atoms with Gasteiger partial charge in [-0.25, -0.2) is 0 Å². The van der Waals surface area contributed by atoms with Crippen molar-refractivity contribution in [2.24, 2.45) is 11.7 Å². The molecule has 0 fully saturated rings. The zero-order chi connectivity index (χ0) is 24.6. The molecule has 0 aliphatic rings. The maximum Gasteiger partial charge on any atom is 0.320 e. The summed E-state index contributed by atoms with van der Waals surface area (Å²) >= 11 is 0. The number of rotatable bonds is 11. The van der Waals surface area contributed by atoms with Crippen molar-refractivity contribution in [1.82, 2.24) is 0 Å². The summed E-state index contributed by atoms with van der Waals surface area (Å²) in [4.78, 5) is 10.0. The lowest BCUT2D eigenvalue weighted by Gasteiger charge is -2.24. The summed E-state index contributed by atoms with van der Waals surface area (Å²) in [7, 11) is 0. The molecule has 14 N–H and O–H groups in total. The van der Waals surface area contributed by atoms with Crippen molar-refractivity contribution < 1.29 is 66.1 Å². The van der Waals surface area contributed by atoms with Crippen LogP contribution in [0.1, 0.15) is 13.8 Å². The number of aliphatic hydroxyl groups excluding tert-OH is 11. The van der Waals surface area contributed by atoms with Crippen LogP contribution in [0.4, 0.5) is 0 Å². The van der Waals surface area contributed by atoms with Crippen LogP contribution in [0.15, 0.2) is 0 Å². The van der Waals surface area contributed by atoms with E-state index in [0.717, 1.165) is 0 Å². The maximum atomic E-state index is 10.0. The Hall–Kier alpha value is -1.01. The number of carboxylic acid groups (broad SMARTS) is 1. The lowest BCUT2D eigenvalue weighted by atomic mass is 10.0. The van der Waals surface area contributed by atoms with Crippen LogP contribution >= 0.6 is 0 Å². The minimum absolute atomic E-state index is 0.0208. The first-order chi connectivity index (χ1) is 13.7. The molecule has 8 atom stereocenters. The van der Waals surface area contributed by atoms with Gasteiger partial charge in [0.25, 0.3) is 0 Å². The van der Waals surface area contributed by atoms with Gasteiger partial charge in [0.15, 0.2) is 0 Å². The van der Waals surface area contributed by atoms with Crippen LogP contribution in [0.25, 0.3) is 0 Å². The second-order valence-electron chi connectivity index (χ2n) is 6.58. The van der Waals surface area contributed by atoms with E-state index in [9.17, 15) is 4.79 Å². The highest BCUT2D eigenvalue weighted by Crippen LogP contribution is 2.04. The SMILES string of the molecule is CC(C)C(N)C(=O)O.OC[C@@H](O)[C@@H](O)[C@@H](O)CO.OC[C@@H](O)[C@@H](O)[C@H](O)[C@H](O)CO. The van der Waals surface area contributed by atoms with Crippen molar-refractivity contribution in [2.75, 3.05) is 26.4 Å². The molecule has 0 saturated carbocycles. The van der Waals surface area contributed by atoms with Crippen molar-refractivity contribution in [3.63, 3.8) is 0 Å².